The summed E-state index contributed by atoms with van der Waals surface area (Å²) < 4.78 is 39.2. The van der Waals surface area contributed by atoms with Crippen LogP contribution in [-0.2, 0) is 17.6 Å². The zero-order chi connectivity index (χ0) is 17.9. The second-order valence-corrected chi connectivity index (χ2v) is 6.09. The Labute approximate surface area is 151 Å². The molecule has 0 aliphatic heterocycles. The molecule has 0 bridgehead atoms. The van der Waals surface area contributed by atoms with Crippen molar-refractivity contribution in [2.75, 3.05) is 0 Å². The molecule has 0 saturated carbocycles. The Morgan fingerprint density at radius 2 is 1.71 bits per heavy atom. The Kier molecular flexibility index (Phi) is 6.01. The summed E-state index contributed by atoms with van der Waals surface area (Å²) >= 11 is 17.8. The molecule has 0 saturated heterocycles. The van der Waals surface area contributed by atoms with E-state index in [-0.39, 0.29) is 22.9 Å². The lowest BCUT2D eigenvalue weighted by molar-refractivity contribution is -0.137. The molecule has 0 aliphatic carbocycles. The lowest BCUT2D eigenvalue weighted by Crippen LogP contribution is -2.12. The quantitative estimate of drug-likeness (QED) is 0.421. The number of hydrogen-bond acceptors (Lipinski definition) is 2. The molecule has 2 aromatic rings. The van der Waals surface area contributed by atoms with Crippen molar-refractivity contribution in [2.45, 2.75) is 19.7 Å². The van der Waals surface area contributed by atoms with E-state index in [4.69, 9.17) is 39.6 Å². The second kappa shape index (κ2) is 7.64. The molecule has 0 radical (unpaired) electrons. The van der Waals surface area contributed by atoms with Gasteiger partial charge in [0.05, 0.1) is 11.3 Å². The van der Waals surface area contributed by atoms with Crippen LogP contribution in [0, 0.1) is 0 Å². The Hall–Kier alpha value is -1.43. The van der Waals surface area contributed by atoms with E-state index >= 15 is 0 Å². The lowest BCUT2D eigenvalue weighted by atomic mass is 10.0. The van der Waals surface area contributed by atoms with Gasteiger partial charge in [-0.25, -0.2) is 0 Å². The van der Waals surface area contributed by atoms with Crippen molar-refractivity contribution >= 4 is 40.5 Å². The van der Waals surface area contributed by atoms with Crippen molar-refractivity contribution in [3.8, 4) is 0 Å². The van der Waals surface area contributed by atoms with Crippen molar-refractivity contribution < 1.29 is 18.0 Å². The van der Waals surface area contributed by atoms with Crippen molar-refractivity contribution in [3.63, 3.8) is 0 Å². The molecule has 0 aromatic heterocycles. The highest BCUT2D eigenvalue weighted by Crippen LogP contribution is 2.33. The molecule has 0 heterocycles. The van der Waals surface area contributed by atoms with Gasteiger partial charge in [-0.1, -0.05) is 46.0 Å². The average molecular weight is 397 g/mol. The van der Waals surface area contributed by atoms with Gasteiger partial charge >= 0.3 is 6.18 Å². The molecule has 0 unspecified atom stereocenters. The first kappa shape index (κ1) is 18.9. The standard InChI is InChI=1S/C16H11Cl3F3NO/c1-9(11-7-10(17)5-6-13(11)16(20,21)22)23-24-8-12-14(18)3-2-4-15(12)19/h2-7H,8H2,1H3. The molecule has 0 N–H and O–H groups in total. The predicted molar refractivity (Wildman–Crippen MR) is 89.9 cm³/mol. The first-order valence-corrected chi connectivity index (χ1v) is 7.80. The third-order valence-corrected chi connectivity index (χ3v) is 4.09. The maximum Gasteiger partial charge on any atom is 0.417 e. The van der Waals surface area contributed by atoms with Gasteiger partial charge in [0.1, 0.15) is 6.61 Å². The Morgan fingerprint density at radius 1 is 1.08 bits per heavy atom. The van der Waals surface area contributed by atoms with Crippen molar-refractivity contribution in [1.29, 1.82) is 0 Å². The van der Waals surface area contributed by atoms with Crippen LogP contribution in [0.3, 0.4) is 0 Å². The molecule has 128 valence electrons. The van der Waals surface area contributed by atoms with Crippen LogP contribution in [0.25, 0.3) is 0 Å². The highest BCUT2D eigenvalue weighted by atomic mass is 35.5. The Bertz CT molecular complexity index is 755. The van der Waals surface area contributed by atoms with Crippen LogP contribution < -0.4 is 0 Å². The minimum Gasteiger partial charge on any atom is -0.391 e. The number of halogens is 6. The van der Waals surface area contributed by atoms with Gasteiger partial charge in [0.25, 0.3) is 0 Å². The third kappa shape index (κ3) is 4.56. The molecule has 0 amide bonds. The monoisotopic (exact) mass is 395 g/mol. The van der Waals surface area contributed by atoms with Crippen LogP contribution in [0.4, 0.5) is 13.2 Å². The van der Waals surface area contributed by atoms with Gasteiger partial charge in [-0.3, -0.25) is 0 Å². The molecular formula is C16H11Cl3F3NO. The fourth-order valence-electron chi connectivity index (χ4n) is 1.98. The normalized spacial score (nSPS) is 12.4. The predicted octanol–water partition coefficient (Wildman–Crippen LogP) is 6.61. The summed E-state index contributed by atoms with van der Waals surface area (Å²) in [6.45, 7) is 1.33. The average Bonchev–Trinajstić information content (AvgIpc) is 2.48. The fraction of sp³-hybridized carbons (Fsp3) is 0.188. The highest BCUT2D eigenvalue weighted by Gasteiger charge is 2.34. The maximum absolute atomic E-state index is 13.1. The first-order valence-electron chi connectivity index (χ1n) is 6.66. The van der Waals surface area contributed by atoms with Crippen molar-refractivity contribution in [1.82, 2.24) is 0 Å². The van der Waals surface area contributed by atoms with E-state index in [1.54, 1.807) is 18.2 Å². The van der Waals surface area contributed by atoms with Crippen LogP contribution in [-0.4, -0.2) is 5.71 Å². The summed E-state index contributed by atoms with van der Waals surface area (Å²) in [6.07, 6.45) is -4.53. The summed E-state index contributed by atoms with van der Waals surface area (Å²) in [4.78, 5) is 5.11. The van der Waals surface area contributed by atoms with Crippen molar-refractivity contribution in [3.05, 3.63) is 68.2 Å². The Balaban J connectivity index is 2.24. The fourth-order valence-corrected chi connectivity index (χ4v) is 2.65. The first-order chi connectivity index (χ1) is 11.2. The molecule has 0 aliphatic rings. The zero-order valence-corrected chi connectivity index (χ0v) is 14.6. The van der Waals surface area contributed by atoms with E-state index in [9.17, 15) is 13.2 Å². The smallest absolute Gasteiger partial charge is 0.391 e. The molecule has 0 spiro atoms. The van der Waals surface area contributed by atoms with Crippen LogP contribution in [0.15, 0.2) is 41.6 Å². The van der Waals surface area contributed by atoms with Crippen LogP contribution in [0.1, 0.15) is 23.6 Å². The molecule has 0 atom stereocenters. The Morgan fingerprint density at radius 3 is 2.29 bits per heavy atom. The largest absolute Gasteiger partial charge is 0.417 e. The number of rotatable bonds is 4. The van der Waals surface area contributed by atoms with Gasteiger partial charge in [-0.05, 0) is 37.3 Å². The number of hydrogen-bond donors (Lipinski definition) is 0. The van der Waals surface area contributed by atoms with E-state index in [0.29, 0.717) is 15.6 Å². The number of oxime groups is 1. The summed E-state index contributed by atoms with van der Waals surface area (Å²) in [6, 6.07) is 8.19. The zero-order valence-electron chi connectivity index (χ0n) is 12.3. The molecule has 2 rings (SSSR count). The molecule has 2 aromatic carbocycles. The summed E-state index contributed by atoms with van der Waals surface area (Å²) in [7, 11) is 0. The number of benzene rings is 2. The minimum atomic E-state index is -4.53. The molecule has 8 heteroatoms. The summed E-state index contributed by atoms with van der Waals surface area (Å²) in [5, 5.41) is 4.66. The summed E-state index contributed by atoms with van der Waals surface area (Å²) in [5.41, 5.74) is -0.458. The van der Waals surface area contributed by atoms with E-state index in [1.807, 2.05) is 0 Å². The van der Waals surface area contributed by atoms with Gasteiger partial charge in [0.2, 0.25) is 0 Å². The van der Waals surface area contributed by atoms with Crippen LogP contribution >= 0.6 is 34.8 Å². The van der Waals surface area contributed by atoms with Crippen LogP contribution in [0.2, 0.25) is 15.1 Å². The van der Waals surface area contributed by atoms with Gasteiger partial charge in [-0.2, -0.15) is 13.2 Å². The molecule has 0 fully saturated rings. The third-order valence-electron chi connectivity index (χ3n) is 3.15. The van der Waals surface area contributed by atoms with E-state index in [0.717, 1.165) is 6.07 Å². The second-order valence-electron chi connectivity index (χ2n) is 4.84. The topological polar surface area (TPSA) is 21.6 Å². The van der Waals surface area contributed by atoms with Gasteiger partial charge in [0, 0.05) is 26.2 Å². The molecule has 24 heavy (non-hydrogen) atoms. The summed E-state index contributed by atoms with van der Waals surface area (Å²) in [5.74, 6) is 0. The SMILES string of the molecule is CC(=NOCc1c(Cl)cccc1Cl)c1cc(Cl)ccc1C(F)(F)F. The van der Waals surface area contributed by atoms with Gasteiger partial charge < -0.3 is 4.84 Å². The maximum atomic E-state index is 13.1. The van der Waals surface area contributed by atoms with E-state index in [2.05, 4.69) is 5.16 Å². The van der Waals surface area contributed by atoms with Crippen molar-refractivity contribution in [2.24, 2.45) is 5.16 Å². The van der Waals surface area contributed by atoms with Crippen LogP contribution in [0.5, 0.6) is 0 Å². The van der Waals surface area contributed by atoms with Gasteiger partial charge in [0.15, 0.2) is 0 Å². The molecular weight excluding hydrogens is 386 g/mol. The lowest BCUT2D eigenvalue weighted by Gasteiger charge is -2.13. The van der Waals surface area contributed by atoms with Gasteiger partial charge in [-0.15, -0.1) is 0 Å². The molecule has 2 nitrogen and oxygen atoms in total. The number of nitrogens with zero attached hydrogens (tertiary/aromatic N) is 1. The van der Waals surface area contributed by atoms with E-state index < -0.39 is 11.7 Å². The van der Waals surface area contributed by atoms with E-state index in [1.165, 1.54) is 19.1 Å². The highest BCUT2D eigenvalue weighted by molar-refractivity contribution is 6.36. The minimum absolute atomic E-state index is 0.0352. The number of alkyl halides is 3.